The molecule has 1 amide bonds. The number of thiophene rings is 1. The van der Waals surface area contributed by atoms with E-state index in [9.17, 15) is 9.59 Å². The number of aryl methyl sites for hydroxylation is 1. The summed E-state index contributed by atoms with van der Waals surface area (Å²) in [6, 6.07) is 10.5. The monoisotopic (exact) mass is 354 g/mol. The van der Waals surface area contributed by atoms with Crippen molar-refractivity contribution in [2.75, 3.05) is 11.9 Å². The third kappa shape index (κ3) is 4.25. The first-order chi connectivity index (χ1) is 12.0. The second kappa shape index (κ2) is 7.49. The van der Waals surface area contributed by atoms with Crippen LogP contribution >= 0.6 is 11.3 Å². The van der Waals surface area contributed by atoms with Crippen LogP contribution in [0.15, 0.2) is 30.3 Å². The summed E-state index contributed by atoms with van der Waals surface area (Å²) in [6.45, 7) is 1.86. The van der Waals surface area contributed by atoms with Gasteiger partial charge in [-0.3, -0.25) is 4.79 Å². The van der Waals surface area contributed by atoms with Crippen molar-refractivity contribution in [3.63, 3.8) is 0 Å². The minimum atomic E-state index is -0.465. The third-order valence-corrected chi connectivity index (χ3v) is 5.36. The van der Waals surface area contributed by atoms with E-state index in [0.29, 0.717) is 22.0 Å². The molecule has 0 aliphatic heterocycles. The Hall–Kier alpha value is -2.65. The van der Waals surface area contributed by atoms with E-state index in [2.05, 4.69) is 12.2 Å². The number of rotatable bonds is 4. The summed E-state index contributed by atoms with van der Waals surface area (Å²) in [6.07, 6.45) is 3.14. The zero-order valence-corrected chi connectivity index (χ0v) is 14.7. The molecule has 1 heterocycles. The highest BCUT2D eigenvalue weighted by Crippen LogP contribution is 2.32. The summed E-state index contributed by atoms with van der Waals surface area (Å²) in [4.78, 5) is 25.9. The van der Waals surface area contributed by atoms with Crippen LogP contribution in [0.25, 0.3) is 0 Å². The number of anilines is 1. The van der Waals surface area contributed by atoms with Crippen molar-refractivity contribution in [3.8, 4) is 6.07 Å². The highest BCUT2D eigenvalue weighted by molar-refractivity contribution is 7.14. The number of esters is 1. The van der Waals surface area contributed by atoms with Gasteiger partial charge in [0.05, 0.1) is 11.6 Å². The van der Waals surface area contributed by atoms with Gasteiger partial charge in [0.25, 0.3) is 5.91 Å². The smallest absolute Gasteiger partial charge is 0.348 e. The van der Waals surface area contributed by atoms with E-state index in [4.69, 9.17) is 10.00 Å². The quantitative estimate of drug-likeness (QED) is 0.852. The molecule has 1 aromatic heterocycles. The van der Waals surface area contributed by atoms with Crippen LogP contribution < -0.4 is 5.32 Å². The van der Waals surface area contributed by atoms with Gasteiger partial charge in [-0.25, -0.2) is 4.79 Å². The van der Waals surface area contributed by atoms with E-state index >= 15 is 0 Å². The third-order valence-electron chi connectivity index (χ3n) is 4.14. The number of nitrogens with zero attached hydrogens (tertiary/aromatic N) is 1. The van der Waals surface area contributed by atoms with Crippen LogP contribution in [-0.4, -0.2) is 18.5 Å². The molecule has 1 N–H and O–H groups in total. The predicted molar refractivity (Wildman–Crippen MR) is 95.6 cm³/mol. The van der Waals surface area contributed by atoms with Gasteiger partial charge < -0.3 is 10.1 Å². The van der Waals surface area contributed by atoms with Crippen molar-refractivity contribution in [1.82, 2.24) is 0 Å². The molecule has 6 heteroatoms. The van der Waals surface area contributed by atoms with E-state index in [0.717, 1.165) is 19.3 Å². The van der Waals surface area contributed by atoms with Crippen molar-refractivity contribution < 1.29 is 14.3 Å². The maximum atomic E-state index is 12.2. The van der Waals surface area contributed by atoms with Gasteiger partial charge in [0.1, 0.15) is 4.88 Å². The van der Waals surface area contributed by atoms with Crippen LogP contribution in [0.4, 0.5) is 5.69 Å². The molecule has 1 aliphatic rings. The molecule has 1 unspecified atom stereocenters. The highest BCUT2D eigenvalue weighted by atomic mass is 32.1. The summed E-state index contributed by atoms with van der Waals surface area (Å²) in [5.74, 6) is -0.257. The van der Waals surface area contributed by atoms with Crippen LogP contribution in [0.2, 0.25) is 0 Å². The van der Waals surface area contributed by atoms with Crippen LogP contribution in [0.1, 0.15) is 39.0 Å². The molecule has 0 fully saturated rings. The zero-order valence-electron chi connectivity index (χ0n) is 13.9. The number of carbonyl (C=O) groups excluding carboxylic acids is 2. The Labute approximate surface area is 150 Å². The Kier molecular flexibility index (Phi) is 5.15. The lowest BCUT2D eigenvalue weighted by molar-refractivity contribution is -0.119. The average Bonchev–Trinajstić information content (AvgIpc) is 3.03. The Morgan fingerprint density at radius 3 is 3.04 bits per heavy atom. The first kappa shape index (κ1) is 17.2. The fraction of sp³-hybridized carbons (Fsp3) is 0.316. The fourth-order valence-electron chi connectivity index (χ4n) is 2.87. The molecular weight excluding hydrogens is 336 g/mol. The minimum absolute atomic E-state index is 0.353. The first-order valence-corrected chi connectivity index (χ1v) is 8.95. The van der Waals surface area contributed by atoms with Crippen molar-refractivity contribution in [2.45, 2.75) is 26.2 Å². The lowest BCUT2D eigenvalue weighted by Crippen LogP contribution is -2.20. The van der Waals surface area contributed by atoms with Gasteiger partial charge in [0, 0.05) is 10.6 Å². The Morgan fingerprint density at radius 1 is 1.40 bits per heavy atom. The van der Waals surface area contributed by atoms with Gasteiger partial charge in [0.15, 0.2) is 6.61 Å². The SMILES string of the molecule is CC1CCc2sc(C(=O)OCC(=O)Nc3cccc(C#N)c3)cc2C1. The molecule has 2 aromatic rings. The number of nitriles is 1. The maximum absolute atomic E-state index is 12.2. The number of ether oxygens (including phenoxy) is 1. The van der Waals surface area contributed by atoms with Crippen molar-refractivity contribution in [3.05, 3.63) is 51.2 Å². The van der Waals surface area contributed by atoms with Crippen LogP contribution in [-0.2, 0) is 22.4 Å². The molecule has 5 nitrogen and oxygen atoms in total. The molecule has 0 spiro atoms. The average molecular weight is 354 g/mol. The van der Waals surface area contributed by atoms with Crippen LogP contribution in [0, 0.1) is 17.2 Å². The van der Waals surface area contributed by atoms with Gasteiger partial charge in [-0.15, -0.1) is 11.3 Å². The molecule has 3 rings (SSSR count). The lowest BCUT2D eigenvalue weighted by atomic mass is 9.90. The van der Waals surface area contributed by atoms with Gasteiger partial charge >= 0.3 is 5.97 Å². The fourth-order valence-corrected chi connectivity index (χ4v) is 3.97. The largest absolute Gasteiger partial charge is 0.451 e. The van der Waals surface area contributed by atoms with E-state index in [1.807, 2.05) is 12.1 Å². The van der Waals surface area contributed by atoms with Gasteiger partial charge in [-0.1, -0.05) is 13.0 Å². The number of hydrogen-bond acceptors (Lipinski definition) is 5. The van der Waals surface area contributed by atoms with Gasteiger partial charge in [0.2, 0.25) is 0 Å². The Morgan fingerprint density at radius 2 is 2.24 bits per heavy atom. The van der Waals surface area contributed by atoms with Crippen LogP contribution in [0.3, 0.4) is 0 Å². The van der Waals surface area contributed by atoms with Crippen molar-refractivity contribution in [2.24, 2.45) is 5.92 Å². The molecule has 0 saturated heterocycles. The molecule has 1 aliphatic carbocycles. The van der Waals surface area contributed by atoms with E-state index in [1.165, 1.54) is 21.8 Å². The molecule has 25 heavy (non-hydrogen) atoms. The van der Waals surface area contributed by atoms with Crippen molar-refractivity contribution in [1.29, 1.82) is 5.26 Å². The Bertz CT molecular complexity index is 851. The molecule has 0 saturated carbocycles. The second-order valence-corrected chi connectivity index (χ2v) is 7.36. The number of hydrogen-bond donors (Lipinski definition) is 1. The van der Waals surface area contributed by atoms with Crippen LogP contribution in [0.5, 0.6) is 0 Å². The summed E-state index contributed by atoms with van der Waals surface area (Å²) in [5, 5.41) is 11.5. The first-order valence-electron chi connectivity index (χ1n) is 8.14. The normalized spacial score (nSPS) is 15.8. The number of nitrogens with one attached hydrogen (secondary N) is 1. The highest BCUT2D eigenvalue weighted by Gasteiger charge is 2.21. The molecule has 128 valence electrons. The Balaban J connectivity index is 1.55. The lowest BCUT2D eigenvalue weighted by Gasteiger charge is -2.16. The van der Waals surface area contributed by atoms with Gasteiger partial charge in [-0.05, 0) is 55.0 Å². The topological polar surface area (TPSA) is 79.2 Å². The molecule has 1 aromatic carbocycles. The van der Waals surface area contributed by atoms with Crippen molar-refractivity contribution >= 4 is 28.9 Å². The maximum Gasteiger partial charge on any atom is 0.348 e. The second-order valence-electron chi connectivity index (χ2n) is 6.22. The summed E-state index contributed by atoms with van der Waals surface area (Å²) in [5.41, 5.74) is 2.18. The molecule has 0 bridgehead atoms. The van der Waals surface area contributed by atoms with Gasteiger partial charge in [-0.2, -0.15) is 5.26 Å². The summed E-state index contributed by atoms with van der Waals surface area (Å²) >= 11 is 1.46. The number of fused-ring (bicyclic) bond motifs is 1. The molecular formula is C19H18N2O3S. The minimum Gasteiger partial charge on any atom is -0.451 e. The summed E-state index contributed by atoms with van der Waals surface area (Å²) in [7, 11) is 0. The molecule has 1 atom stereocenters. The standard InChI is InChI=1S/C19H18N2O3S/c1-12-5-6-16-14(7-12)9-17(25-16)19(23)24-11-18(22)21-15-4-2-3-13(8-15)10-20/h2-4,8-9,12H,5-7,11H2,1H3,(H,21,22). The van der Waals surface area contributed by atoms with E-state index in [-0.39, 0.29) is 6.61 Å². The number of carbonyl (C=O) groups is 2. The van der Waals surface area contributed by atoms with E-state index in [1.54, 1.807) is 24.3 Å². The summed E-state index contributed by atoms with van der Waals surface area (Å²) < 4.78 is 5.12. The molecule has 0 radical (unpaired) electrons. The van der Waals surface area contributed by atoms with E-state index < -0.39 is 11.9 Å². The zero-order chi connectivity index (χ0) is 17.8. The number of benzene rings is 1. The predicted octanol–water partition coefficient (Wildman–Crippen LogP) is 3.54. The number of amides is 1.